The van der Waals surface area contributed by atoms with Crippen molar-refractivity contribution in [2.24, 2.45) is 11.3 Å². The van der Waals surface area contributed by atoms with Crippen LogP contribution in [0.3, 0.4) is 0 Å². The maximum Gasteiger partial charge on any atom is 0.149 e. The number of ketones is 1. The van der Waals surface area contributed by atoms with E-state index < -0.39 is 0 Å². The van der Waals surface area contributed by atoms with Crippen molar-refractivity contribution in [1.29, 1.82) is 0 Å². The highest BCUT2D eigenvalue weighted by atomic mass is 16.1. The number of carbonyl (C=O) groups excluding carboxylic acids is 1. The van der Waals surface area contributed by atoms with Gasteiger partial charge in [0.15, 0.2) is 0 Å². The second-order valence-corrected chi connectivity index (χ2v) is 5.27. The van der Waals surface area contributed by atoms with Crippen molar-refractivity contribution in [1.82, 2.24) is 4.90 Å². The summed E-state index contributed by atoms with van der Waals surface area (Å²) in [5.74, 6) is 1.36. The molecule has 1 aliphatic heterocycles. The van der Waals surface area contributed by atoms with Crippen LogP contribution in [0.5, 0.6) is 0 Å². The number of hydrogen-bond donors (Lipinski definition) is 0. The van der Waals surface area contributed by atoms with Gasteiger partial charge in [0.05, 0.1) is 6.04 Å². The topological polar surface area (TPSA) is 20.3 Å². The molecule has 86 valence electrons. The minimum absolute atomic E-state index is 0.247. The van der Waals surface area contributed by atoms with Crippen LogP contribution in [0.1, 0.15) is 46.5 Å². The lowest BCUT2D eigenvalue weighted by Crippen LogP contribution is -2.35. The molecule has 2 rings (SSSR count). The van der Waals surface area contributed by atoms with Crippen molar-refractivity contribution in [2.75, 3.05) is 13.1 Å². The molecule has 0 aromatic heterocycles. The first-order valence-electron chi connectivity index (χ1n) is 6.43. The smallest absolute Gasteiger partial charge is 0.149 e. The first-order valence-corrected chi connectivity index (χ1v) is 6.43. The molecule has 2 fully saturated rings. The van der Waals surface area contributed by atoms with Gasteiger partial charge in [0.2, 0.25) is 0 Å². The van der Waals surface area contributed by atoms with Gasteiger partial charge >= 0.3 is 0 Å². The van der Waals surface area contributed by atoms with Gasteiger partial charge in [0.25, 0.3) is 0 Å². The average Bonchev–Trinajstić information content (AvgIpc) is 2.80. The summed E-state index contributed by atoms with van der Waals surface area (Å²) in [6, 6.07) is 0.247. The molecule has 2 aliphatic rings. The SMILES string of the molecule is CCC(=O)[C@@H]1C[C@@]2(CC2CC)CN1CC. The molecule has 0 amide bonds. The lowest BCUT2D eigenvalue weighted by Gasteiger charge is -2.20. The fourth-order valence-corrected chi connectivity index (χ4v) is 3.43. The molecular formula is C13H23NO. The van der Waals surface area contributed by atoms with E-state index in [0.29, 0.717) is 17.6 Å². The van der Waals surface area contributed by atoms with Crippen LogP contribution in [0.4, 0.5) is 0 Å². The van der Waals surface area contributed by atoms with E-state index in [1.54, 1.807) is 0 Å². The Balaban J connectivity index is 2.05. The van der Waals surface area contributed by atoms with Gasteiger partial charge in [-0.2, -0.15) is 0 Å². The third kappa shape index (κ3) is 1.73. The van der Waals surface area contributed by atoms with Gasteiger partial charge in [-0.1, -0.05) is 27.2 Å². The summed E-state index contributed by atoms with van der Waals surface area (Å²) < 4.78 is 0. The molecule has 15 heavy (non-hydrogen) atoms. The first kappa shape index (κ1) is 11.1. The maximum absolute atomic E-state index is 11.9. The van der Waals surface area contributed by atoms with E-state index in [9.17, 15) is 4.79 Å². The van der Waals surface area contributed by atoms with Crippen molar-refractivity contribution >= 4 is 5.78 Å². The largest absolute Gasteiger partial charge is 0.298 e. The van der Waals surface area contributed by atoms with E-state index in [-0.39, 0.29) is 6.04 Å². The van der Waals surface area contributed by atoms with Gasteiger partial charge in [-0.05, 0) is 30.7 Å². The lowest BCUT2D eigenvalue weighted by atomic mass is 9.96. The summed E-state index contributed by atoms with van der Waals surface area (Å²) in [5.41, 5.74) is 0.542. The molecule has 1 unspecified atom stereocenters. The number of likely N-dealkylation sites (N-methyl/N-ethyl adjacent to an activating group) is 1. The Morgan fingerprint density at radius 2 is 2.07 bits per heavy atom. The molecule has 0 radical (unpaired) electrons. The van der Waals surface area contributed by atoms with Crippen molar-refractivity contribution in [3.05, 3.63) is 0 Å². The molecule has 0 aromatic carbocycles. The van der Waals surface area contributed by atoms with E-state index in [1.807, 2.05) is 6.92 Å². The summed E-state index contributed by atoms with van der Waals surface area (Å²) in [5, 5.41) is 0. The number of rotatable bonds is 4. The summed E-state index contributed by atoms with van der Waals surface area (Å²) in [6.07, 6.45) is 4.51. The third-order valence-corrected chi connectivity index (χ3v) is 4.54. The molecule has 0 aromatic rings. The van der Waals surface area contributed by atoms with Gasteiger partial charge in [0.1, 0.15) is 5.78 Å². The summed E-state index contributed by atoms with van der Waals surface area (Å²) in [6.45, 7) is 8.67. The zero-order chi connectivity index (χ0) is 11.1. The van der Waals surface area contributed by atoms with E-state index in [4.69, 9.17) is 0 Å². The van der Waals surface area contributed by atoms with Crippen LogP contribution in [-0.2, 0) is 4.79 Å². The Morgan fingerprint density at radius 3 is 2.53 bits per heavy atom. The van der Waals surface area contributed by atoms with Crippen LogP contribution in [0.25, 0.3) is 0 Å². The number of Topliss-reactive ketones (excluding diaryl/α,β-unsaturated/α-hetero) is 1. The fourth-order valence-electron chi connectivity index (χ4n) is 3.43. The summed E-state index contributed by atoms with van der Waals surface area (Å²) >= 11 is 0. The Kier molecular flexibility index (Phi) is 2.89. The van der Waals surface area contributed by atoms with Gasteiger partial charge in [-0.15, -0.1) is 0 Å². The minimum Gasteiger partial charge on any atom is -0.298 e. The number of nitrogens with zero attached hydrogens (tertiary/aromatic N) is 1. The van der Waals surface area contributed by atoms with Gasteiger partial charge < -0.3 is 0 Å². The molecule has 1 aliphatic carbocycles. The van der Waals surface area contributed by atoms with E-state index >= 15 is 0 Å². The zero-order valence-electron chi connectivity index (χ0n) is 10.3. The highest BCUT2D eigenvalue weighted by Crippen LogP contribution is 2.61. The number of carbonyl (C=O) groups is 1. The lowest BCUT2D eigenvalue weighted by molar-refractivity contribution is -0.123. The Hall–Kier alpha value is -0.370. The van der Waals surface area contributed by atoms with Gasteiger partial charge in [0, 0.05) is 13.0 Å². The molecule has 2 nitrogen and oxygen atoms in total. The Labute approximate surface area is 93.0 Å². The van der Waals surface area contributed by atoms with Gasteiger partial charge in [-0.25, -0.2) is 0 Å². The summed E-state index contributed by atoms with van der Waals surface area (Å²) in [7, 11) is 0. The zero-order valence-corrected chi connectivity index (χ0v) is 10.3. The van der Waals surface area contributed by atoms with Crippen molar-refractivity contribution in [2.45, 2.75) is 52.5 Å². The van der Waals surface area contributed by atoms with Crippen LogP contribution in [0, 0.1) is 11.3 Å². The predicted molar refractivity (Wildman–Crippen MR) is 61.8 cm³/mol. The fraction of sp³-hybridized carbons (Fsp3) is 0.923. The molecule has 3 atom stereocenters. The Bertz CT molecular complexity index is 263. The minimum atomic E-state index is 0.247. The molecular weight excluding hydrogens is 186 g/mol. The van der Waals surface area contributed by atoms with Crippen LogP contribution in [0.2, 0.25) is 0 Å². The molecule has 1 heterocycles. The third-order valence-electron chi connectivity index (χ3n) is 4.54. The van der Waals surface area contributed by atoms with Crippen molar-refractivity contribution in [3.8, 4) is 0 Å². The van der Waals surface area contributed by atoms with Crippen molar-refractivity contribution in [3.63, 3.8) is 0 Å². The molecule has 0 bridgehead atoms. The number of hydrogen-bond acceptors (Lipinski definition) is 2. The van der Waals surface area contributed by atoms with Gasteiger partial charge in [-0.3, -0.25) is 9.69 Å². The monoisotopic (exact) mass is 209 g/mol. The van der Waals surface area contributed by atoms with E-state index in [1.165, 1.54) is 19.4 Å². The first-order chi connectivity index (χ1) is 7.16. The standard InChI is InChI=1S/C13H23NO/c1-4-10-7-13(10)8-11(12(15)5-2)14(6-3)9-13/h10-11H,4-9H2,1-3H3/t10?,11-,13-/m0/s1. The number of likely N-dealkylation sites (tertiary alicyclic amines) is 1. The van der Waals surface area contributed by atoms with E-state index in [2.05, 4.69) is 18.7 Å². The molecule has 1 saturated heterocycles. The second kappa shape index (κ2) is 3.89. The highest BCUT2D eigenvalue weighted by molar-refractivity contribution is 5.84. The van der Waals surface area contributed by atoms with Crippen LogP contribution in [0.15, 0.2) is 0 Å². The molecule has 2 heteroatoms. The van der Waals surface area contributed by atoms with Crippen LogP contribution < -0.4 is 0 Å². The van der Waals surface area contributed by atoms with E-state index in [0.717, 1.165) is 18.9 Å². The average molecular weight is 209 g/mol. The quantitative estimate of drug-likeness (QED) is 0.709. The van der Waals surface area contributed by atoms with Crippen molar-refractivity contribution < 1.29 is 4.79 Å². The predicted octanol–water partition coefficient (Wildman–Crippen LogP) is 2.48. The summed E-state index contributed by atoms with van der Waals surface area (Å²) in [4.78, 5) is 14.3. The molecule has 0 N–H and O–H groups in total. The van der Waals surface area contributed by atoms with Crippen LogP contribution >= 0.6 is 0 Å². The van der Waals surface area contributed by atoms with Crippen LogP contribution in [-0.4, -0.2) is 29.8 Å². The Morgan fingerprint density at radius 1 is 1.33 bits per heavy atom. The second-order valence-electron chi connectivity index (χ2n) is 5.27. The highest BCUT2D eigenvalue weighted by Gasteiger charge is 2.59. The molecule has 1 spiro atoms. The normalized spacial score (nSPS) is 39.9. The molecule has 1 saturated carbocycles. The maximum atomic E-state index is 11.9.